The van der Waals surface area contributed by atoms with Gasteiger partial charge in [-0.15, -0.1) is 0 Å². The molecule has 2 aromatic rings. The summed E-state index contributed by atoms with van der Waals surface area (Å²) in [7, 11) is 0. The summed E-state index contributed by atoms with van der Waals surface area (Å²) in [5.74, 6) is -0.984. The third kappa shape index (κ3) is 2.20. The van der Waals surface area contributed by atoms with Gasteiger partial charge in [0.2, 0.25) is 0 Å². The first-order valence-corrected chi connectivity index (χ1v) is 5.00. The predicted molar refractivity (Wildman–Crippen MR) is 63.4 cm³/mol. The zero-order valence-corrected chi connectivity index (χ0v) is 8.98. The van der Waals surface area contributed by atoms with E-state index in [-0.39, 0.29) is 0 Å². The Balaban J connectivity index is 2.54. The summed E-state index contributed by atoms with van der Waals surface area (Å²) in [6, 6.07) is 7.22. The molecule has 0 unspecified atom stereocenters. The van der Waals surface area contributed by atoms with Crippen LogP contribution in [0.5, 0.6) is 0 Å². The van der Waals surface area contributed by atoms with Crippen LogP contribution >= 0.6 is 11.6 Å². The van der Waals surface area contributed by atoms with Crippen LogP contribution in [0.15, 0.2) is 36.5 Å². The lowest BCUT2D eigenvalue weighted by Crippen LogP contribution is -1.86. The van der Waals surface area contributed by atoms with E-state index in [4.69, 9.17) is 16.7 Å². The van der Waals surface area contributed by atoms with E-state index in [9.17, 15) is 4.79 Å². The van der Waals surface area contributed by atoms with E-state index in [1.54, 1.807) is 12.3 Å². The molecule has 4 heteroatoms. The Morgan fingerprint density at radius 2 is 2.25 bits per heavy atom. The van der Waals surface area contributed by atoms with Gasteiger partial charge in [0, 0.05) is 17.7 Å². The standard InChI is InChI=1S/C12H8ClNO2/c13-10-7-8(3-4-11(15)16)6-9-2-1-5-14-12(9)10/h1-7H,(H,15,16)/b4-3+. The Labute approximate surface area is 97.0 Å². The summed E-state index contributed by atoms with van der Waals surface area (Å²) in [5, 5.41) is 9.93. The van der Waals surface area contributed by atoms with Gasteiger partial charge in [0.05, 0.1) is 10.5 Å². The number of hydrogen-bond acceptors (Lipinski definition) is 2. The first-order chi connectivity index (χ1) is 7.66. The number of benzene rings is 1. The first-order valence-electron chi connectivity index (χ1n) is 4.62. The molecule has 0 saturated carbocycles. The van der Waals surface area contributed by atoms with E-state index in [0.717, 1.165) is 22.5 Å². The van der Waals surface area contributed by atoms with Crippen LogP contribution in [0.2, 0.25) is 5.02 Å². The molecule has 3 nitrogen and oxygen atoms in total. The quantitative estimate of drug-likeness (QED) is 0.812. The van der Waals surface area contributed by atoms with Crippen LogP contribution in [0, 0.1) is 0 Å². The van der Waals surface area contributed by atoms with Crippen LogP contribution in [-0.2, 0) is 4.79 Å². The van der Waals surface area contributed by atoms with Gasteiger partial charge in [-0.3, -0.25) is 4.98 Å². The molecule has 1 aromatic heterocycles. The number of aliphatic carboxylic acids is 1. The normalized spacial score (nSPS) is 11.1. The van der Waals surface area contributed by atoms with Crippen molar-refractivity contribution in [3.05, 3.63) is 47.1 Å². The predicted octanol–water partition coefficient (Wildman–Crippen LogP) is 2.99. The number of carboxylic acid groups (broad SMARTS) is 1. The van der Waals surface area contributed by atoms with Crippen molar-refractivity contribution in [3.8, 4) is 0 Å². The van der Waals surface area contributed by atoms with Gasteiger partial charge in [-0.1, -0.05) is 17.7 Å². The van der Waals surface area contributed by atoms with E-state index in [1.807, 2.05) is 18.2 Å². The smallest absolute Gasteiger partial charge is 0.328 e. The van der Waals surface area contributed by atoms with Crippen LogP contribution in [-0.4, -0.2) is 16.1 Å². The molecule has 16 heavy (non-hydrogen) atoms. The molecule has 0 aliphatic carbocycles. The highest BCUT2D eigenvalue weighted by Crippen LogP contribution is 2.23. The summed E-state index contributed by atoms with van der Waals surface area (Å²) < 4.78 is 0. The first kappa shape index (κ1) is 10.6. The molecule has 1 heterocycles. The second-order valence-corrected chi connectivity index (χ2v) is 3.66. The van der Waals surface area contributed by atoms with Crippen molar-refractivity contribution in [2.24, 2.45) is 0 Å². The molecule has 80 valence electrons. The number of aromatic nitrogens is 1. The van der Waals surface area contributed by atoms with E-state index >= 15 is 0 Å². The molecule has 0 aliphatic heterocycles. The highest BCUT2D eigenvalue weighted by molar-refractivity contribution is 6.35. The van der Waals surface area contributed by atoms with Gasteiger partial charge in [0.1, 0.15) is 0 Å². The van der Waals surface area contributed by atoms with Gasteiger partial charge in [0.25, 0.3) is 0 Å². The molecule has 0 bridgehead atoms. The number of fused-ring (bicyclic) bond motifs is 1. The van der Waals surface area contributed by atoms with Gasteiger partial charge >= 0.3 is 5.97 Å². The number of halogens is 1. The lowest BCUT2D eigenvalue weighted by Gasteiger charge is -2.01. The lowest BCUT2D eigenvalue weighted by atomic mass is 10.1. The van der Waals surface area contributed by atoms with Crippen molar-refractivity contribution in [3.63, 3.8) is 0 Å². The Morgan fingerprint density at radius 1 is 1.44 bits per heavy atom. The minimum Gasteiger partial charge on any atom is -0.478 e. The van der Waals surface area contributed by atoms with Crippen molar-refractivity contribution in [1.29, 1.82) is 0 Å². The molecule has 0 spiro atoms. The average Bonchev–Trinajstić information content (AvgIpc) is 2.26. The molecular formula is C12H8ClNO2. The Morgan fingerprint density at radius 3 is 3.00 bits per heavy atom. The highest BCUT2D eigenvalue weighted by Gasteiger charge is 2.01. The number of nitrogens with zero attached hydrogens (tertiary/aromatic N) is 1. The molecule has 0 fully saturated rings. The van der Waals surface area contributed by atoms with Crippen molar-refractivity contribution in [1.82, 2.24) is 4.98 Å². The van der Waals surface area contributed by atoms with Gasteiger partial charge in [-0.05, 0) is 29.8 Å². The van der Waals surface area contributed by atoms with Crippen LogP contribution in [0.3, 0.4) is 0 Å². The van der Waals surface area contributed by atoms with E-state index in [0.29, 0.717) is 5.02 Å². The molecule has 0 amide bonds. The third-order valence-corrected chi connectivity index (χ3v) is 2.39. The fraction of sp³-hybridized carbons (Fsp3) is 0. The van der Waals surface area contributed by atoms with E-state index in [1.165, 1.54) is 6.08 Å². The average molecular weight is 234 g/mol. The van der Waals surface area contributed by atoms with E-state index in [2.05, 4.69) is 4.98 Å². The topological polar surface area (TPSA) is 50.2 Å². The second kappa shape index (κ2) is 4.33. The molecule has 2 rings (SSSR count). The Kier molecular flexibility index (Phi) is 2.88. The molecule has 0 atom stereocenters. The van der Waals surface area contributed by atoms with Gasteiger partial charge in [-0.25, -0.2) is 4.79 Å². The maximum absolute atomic E-state index is 10.4. The Bertz CT molecular complexity index is 578. The molecule has 0 radical (unpaired) electrons. The van der Waals surface area contributed by atoms with Gasteiger partial charge < -0.3 is 5.11 Å². The minimum absolute atomic E-state index is 0.517. The summed E-state index contributed by atoms with van der Waals surface area (Å²) in [4.78, 5) is 14.5. The summed E-state index contributed by atoms with van der Waals surface area (Å²) in [6.07, 6.45) is 4.25. The number of rotatable bonds is 2. The summed E-state index contributed by atoms with van der Waals surface area (Å²) >= 11 is 6.03. The van der Waals surface area contributed by atoms with E-state index < -0.39 is 5.97 Å². The molecule has 0 saturated heterocycles. The highest BCUT2D eigenvalue weighted by atomic mass is 35.5. The van der Waals surface area contributed by atoms with Crippen molar-refractivity contribution in [2.45, 2.75) is 0 Å². The van der Waals surface area contributed by atoms with Crippen LogP contribution < -0.4 is 0 Å². The lowest BCUT2D eigenvalue weighted by molar-refractivity contribution is -0.131. The maximum atomic E-state index is 10.4. The van der Waals surface area contributed by atoms with Gasteiger partial charge in [0.15, 0.2) is 0 Å². The molecular weight excluding hydrogens is 226 g/mol. The van der Waals surface area contributed by atoms with Crippen LogP contribution in [0.4, 0.5) is 0 Å². The maximum Gasteiger partial charge on any atom is 0.328 e. The number of pyridine rings is 1. The summed E-state index contributed by atoms with van der Waals surface area (Å²) in [6.45, 7) is 0. The van der Waals surface area contributed by atoms with Gasteiger partial charge in [-0.2, -0.15) is 0 Å². The minimum atomic E-state index is -0.984. The monoisotopic (exact) mass is 233 g/mol. The number of carbonyl (C=O) groups is 1. The fourth-order valence-electron chi connectivity index (χ4n) is 1.43. The second-order valence-electron chi connectivity index (χ2n) is 3.25. The molecule has 1 N–H and O–H groups in total. The zero-order chi connectivity index (χ0) is 11.5. The van der Waals surface area contributed by atoms with Crippen LogP contribution in [0.25, 0.3) is 17.0 Å². The molecule has 0 aliphatic rings. The Hall–Kier alpha value is -1.87. The molecule has 1 aromatic carbocycles. The largest absolute Gasteiger partial charge is 0.478 e. The van der Waals surface area contributed by atoms with Crippen molar-refractivity contribution in [2.75, 3.05) is 0 Å². The van der Waals surface area contributed by atoms with Crippen molar-refractivity contribution >= 4 is 34.5 Å². The summed E-state index contributed by atoms with van der Waals surface area (Å²) in [5.41, 5.74) is 1.46. The van der Waals surface area contributed by atoms with Crippen LogP contribution in [0.1, 0.15) is 5.56 Å². The fourth-order valence-corrected chi connectivity index (χ4v) is 1.72. The number of hydrogen-bond donors (Lipinski definition) is 1. The number of carboxylic acids is 1. The zero-order valence-electron chi connectivity index (χ0n) is 8.22. The third-order valence-electron chi connectivity index (χ3n) is 2.10. The SMILES string of the molecule is O=C(O)/C=C/c1cc(Cl)c2ncccc2c1. The van der Waals surface area contributed by atoms with Crippen molar-refractivity contribution < 1.29 is 9.90 Å².